The zero-order chi connectivity index (χ0) is 14.6. The third kappa shape index (κ3) is 4.58. The van der Waals surface area contributed by atoms with E-state index in [1.54, 1.807) is 0 Å². The molecule has 1 heterocycles. The van der Waals surface area contributed by atoms with E-state index in [9.17, 15) is 0 Å². The van der Waals surface area contributed by atoms with Crippen molar-refractivity contribution >= 4 is 15.9 Å². The molecule has 5 heteroatoms. The summed E-state index contributed by atoms with van der Waals surface area (Å²) in [6, 6.07) is 0.488. The quantitative estimate of drug-likeness (QED) is 0.833. The molecule has 1 unspecified atom stereocenters. The highest BCUT2D eigenvalue weighted by atomic mass is 79.9. The first-order valence-electron chi connectivity index (χ1n) is 6.95. The summed E-state index contributed by atoms with van der Waals surface area (Å²) in [5.41, 5.74) is 2.36. The van der Waals surface area contributed by atoms with Gasteiger partial charge in [0.1, 0.15) is 0 Å². The van der Waals surface area contributed by atoms with Crippen LogP contribution in [0.25, 0.3) is 0 Å². The van der Waals surface area contributed by atoms with E-state index in [4.69, 9.17) is 0 Å². The summed E-state index contributed by atoms with van der Waals surface area (Å²) in [6.45, 7) is 8.55. The zero-order valence-electron chi connectivity index (χ0n) is 13.0. The minimum Gasteiger partial charge on any atom is -0.308 e. The van der Waals surface area contributed by atoms with E-state index in [2.05, 4.69) is 66.1 Å². The molecule has 110 valence electrons. The molecule has 1 rings (SSSR count). The van der Waals surface area contributed by atoms with Gasteiger partial charge in [-0.1, -0.05) is 20.8 Å². The maximum absolute atomic E-state index is 4.53. The lowest BCUT2D eigenvalue weighted by molar-refractivity contribution is 0.286. The SMILES string of the molecule is CCc1nn(C)c(CNC(CN(C)C)C(C)C)c1Br. The maximum atomic E-state index is 4.53. The Balaban J connectivity index is 2.71. The predicted molar refractivity (Wildman–Crippen MR) is 84.3 cm³/mol. The molecule has 19 heavy (non-hydrogen) atoms. The number of halogens is 1. The second-order valence-corrected chi connectivity index (χ2v) is 6.47. The second-order valence-electron chi connectivity index (χ2n) is 5.68. The van der Waals surface area contributed by atoms with E-state index in [1.807, 2.05) is 11.7 Å². The number of aryl methyl sites for hydroxylation is 2. The average molecular weight is 331 g/mol. The molecule has 4 nitrogen and oxygen atoms in total. The molecule has 0 aromatic carbocycles. The van der Waals surface area contributed by atoms with Gasteiger partial charge in [-0.3, -0.25) is 4.68 Å². The van der Waals surface area contributed by atoms with Crippen LogP contribution in [0.1, 0.15) is 32.2 Å². The number of aromatic nitrogens is 2. The van der Waals surface area contributed by atoms with Gasteiger partial charge in [0.15, 0.2) is 0 Å². The van der Waals surface area contributed by atoms with Gasteiger partial charge in [0.05, 0.1) is 15.9 Å². The molecule has 0 aliphatic heterocycles. The van der Waals surface area contributed by atoms with Crippen LogP contribution in [0.15, 0.2) is 4.47 Å². The van der Waals surface area contributed by atoms with Gasteiger partial charge in [0.2, 0.25) is 0 Å². The fourth-order valence-electron chi connectivity index (χ4n) is 2.14. The van der Waals surface area contributed by atoms with Crippen LogP contribution in [0.4, 0.5) is 0 Å². The lowest BCUT2D eigenvalue weighted by Crippen LogP contribution is -2.41. The van der Waals surface area contributed by atoms with E-state index in [0.717, 1.165) is 29.7 Å². The Morgan fingerprint density at radius 1 is 1.37 bits per heavy atom. The number of hydrogen-bond donors (Lipinski definition) is 1. The number of nitrogens with zero attached hydrogens (tertiary/aromatic N) is 3. The van der Waals surface area contributed by atoms with Crippen LogP contribution in [-0.4, -0.2) is 41.4 Å². The molecule has 1 N–H and O–H groups in total. The monoisotopic (exact) mass is 330 g/mol. The molecule has 0 radical (unpaired) electrons. The van der Waals surface area contributed by atoms with Gasteiger partial charge in [-0.25, -0.2) is 0 Å². The molecule has 1 aromatic heterocycles. The summed E-state index contributed by atoms with van der Waals surface area (Å²) in [4.78, 5) is 2.23. The van der Waals surface area contributed by atoms with Gasteiger partial charge in [-0.2, -0.15) is 5.10 Å². The topological polar surface area (TPSA) is 33.1 Å². The summed E-state index contributed by atoms with van der Waals surface area (Å²) in [5.74, 6) is 0.611. The van der Waals surface area contributed by atoms with Gasteiger partial charge in [-0.05, 0) is 42.4 Å². The summed E-state index contributed by atoms with van der Waals surface area (Å²) in [5, 5.41) is 8.19. The fourth-order valence-corrected chi connectivity index (χ4v) is 2.90. The third-order valence-electron chi connectivity index (χ3n) is 3.40. The van der Waals surface area contributed by atoms with Gasteiger partial charge in [0, 0.05) is 26.2 Å². The second kappa shape index (κ2) is 7.41. The van der Waals surface area contributed by atoms with Crippen molar-refractivity contribution < 1.29 is 0 Å². The third-order valence-corrected chi connectivity index (χ3v) is 4.32. The average Bonchev–Trinajstić information content (AvgIpc) is 2.59. The van der Waals surface area contributed by atoms with Crippen LogP contribution in [0, 0.1) is 5.92 Å². The van der Waals surface area contributed by atoms with Gasteiger partial charge >= 0.3 is 0 Å². The molecule has 0 spiro atoms. The van der Waals surface area contributed by atoms with E-state index in [1.165, 1.54) is 5.69 Å². The lowest BCUT2D eigenvalue weighted by atomic mass is 10.0. The van der Waals surface area contributed by atoms with Crippen molar-refractivity contribution in [2.75, 3.05) is 20.6 Å². The number of nitrogens with one attached hydrogen (secondary N) is 1. The molecule has 0 aliphatic rings. The highest BCUT2D eigenvalue weighted by Crippen LogP contribution is 2.21. The Bertz CT molecular complexity index is 398. The van der Waals surface area contributed by atoms with Crippen LogP contribution in [0.5, 0.6) is 0 Å². The Kier molecular flexibility index (Phi) is 6.50. The van der Waals surface area contributed by atoms with Gasteiger partial charge in [-0.15, -0.1) is 0 Å². The molecular weight excluding hydrogens is 304 g/mol. The molecule has 0 bridgehead atoms. The smallest absolute Gasteiger partial charge is 0.0767 e. The Hall–Kier alpha value is -0.390. The first-order chi connectivity index (χ1) is 8.86. The first-order valence-corrected chi connectivity index (χ1v) is 7.74. The van der Waals surface area contributed by atoms with E-state index in [0.29, 0.717) is 12.0 Å². The first kappa shape index (κ1) is 16.7. The van der Waals surface area contributed by atoms with Crippen LogP contribution in [0.2, 0.25) is 0 Å². The van der Waals surface area contributed by atoms with Crippen LogP contribution in [0.3, 0.4) is 0 Å². The van der Waals surface area contributed by atoms with Gasteiger partial charge in [0.25, 0.3) is 0 Å². The number of rotatable bonds is 7. The van der Waals surface area contributed by atoms with Gasteiger partial charge < -0.3 is 10.2 Å². The molecule has 1 atom stereocenters. The molecular formula is C14H27BrN4. The van der Waals surface area contributed by atoms with E-state index < -0.39 is 0 Å². The minimum absolute atomic E-state index is 0.488. The summed E-state index contributed by atoms with van der Waals surface area (Å²) in [6.07, 6.45) is 0.958. The largest absolute Gasteiger partial charge is 0.308 e. The summed E-state index contributed by atoms with van der Waals surface area (Å²) in [7, 11) is 6.25. The van der Waals surface area contributed by atoms with Crippen molar-refractivity contribution in [1.82, 2.24) is 20.0 Å². The van der Waals surface area contributed by atoms with Crippen LogP contribution in [-0.2, 0) is 20.0 Å². The molecule has 0 saturated heterocycles. The molecule has 0 saturated carbocycles. The molecule has 0 amide bonds. The molecule has 0 aliphatic carbocycles. The highest BCUT2D eigenvalue weighted by molar-refractivity contribution is 9.10. The van der Waals surface area contributed by atoms with Crippen molar-refractivity contribution in [3.8, 4) is 0 Å². The predicted octanol–water partition coefficient (Wildman–Crippen LogP) is 2.42. The summed E-state index contributed by atoms with van der Waals surface area (Å²) < 4.78 is 3.13. The lowest BCUT2D eigenvalue weighted by Gasteiger charge is -2.25. The number of likely N-dealkylation sites (N-methyl/N-ethyl adjacent to an activating group) is 1. The van der Waals surface area contributed by atoms with Crippen LogP contribution < -0.4 is 5.32 Å². The zero-order valence-corrected chi connectivity index (χ0v) is 14.6. The Morgan fingerprint density at radius 2 is 2.00 bits per heavy atom. The van der Waals surface area contributed by atoms with Crippen molar-refractivity contribution in [3.05, 3.63) is 15.9 Å². The van der Waals surface area contributed by atoms with Crippen molar-refractivity contribution in [2.45, 2.75) is 39.8 Å². The van der Waals surface area contributed by atoms with E-state index >= 15 is 0 Å². The molecule has 1 aromatic rings. The normalized spacial score (nSPS) is 13.5. The van der Waals surface area contributed by atoms with E-state index in [-0.39, 0.29) is 0 Å². The standard InChI is InChI=1S/C14H27BrN4/c1-7-11-14(15)13(19(6)17-11)8-16-12(10(2)3)9-18(4)5/h10,12,16H,7-9H2,1-6H3. The minimum atomic E-state index is 0.488. The highest BCUT2D eigenvalue weighted by Gasteiger charge is 2.17. The molecule has 0 fully saturated rings. The summed E-state index contributed by atoms with van der Waals surface area (Å²) >= 11 is 3.67. The van der Waals surface area contributed by atoms with Crippen molar-refractivity contribution in [1.29, 1.82) is 0 Å². The maximum Gasteiger partial charge on any atom is 0.0767 e. The fraction of sp³-hybridized carbons (Fsp3) is 0.786. The van der Waals surface area contributed by atoms with Crippen molar-refractivity contribution in [2.24, 2.45) is 13.0 Å². The van der Waals surface area contributed by atoms with Crippen molar-refractivity contribution in [3.63, 3.8) is 0 Å². The Morgan fingerprint density at radius 3 is 2.42 bits per heavy atom. The van der Waals surface area contributed by atoms with Crippen LogP contribution >= 0.6 is 15.9 Å². The number of hydrogen-bond acceptors (Lipinski definition) is 3. The Labute approximate surface area is 125 Å².